The normalized spacial score (nSPS) is 18.9. The Hall–Kier alpha value is -2.67. The van der Waals surface area contributed by atoms with Gasteiger partial charge in [-0.1, -0.05) is 30.3 Å². The summed E-state index contributed by atoms with van der Waals surface area (Å²) in [6.45, 7) is 5.00. The van der Waals surface area contributed by atoms with Crippen molar-refractivity contribution >= 4 is 11.9 Å². The molecule has 1 aromatic heterocycles. The molecule has 1 aliphatic carbocycles. The maximum atomic E-state index is 13.4. The van der Waals surface area contributed by atoms with E-state index >= 15 is 0 Å². The maximum absolute atomic E-state index is 13.4. The van der Waals surface area contributed by atoms with Gasteiger partial charge in [0.2, 0.25) is 0 Å². The largest absolute Gasteiger partial charge is 0.466 e. The van der Waals surface area contributed by atoms with Crippen molar-refractivity contribution in [3.63, 3.8) is 0 Å². The number of benzene rings is 1. The van der Waals surface area contributed by atoms with Crippen LogP contribution in [0.25, 0.3) is 0 Å². The minimum atomic E-state index is -0.694. The van der Waals surface area contributed by atoms with Gasteiger partial charge in [-0.25, -0.2) is 0 Å². The average Bonchev–Trinajstić information content (AvgIpc) is 3.40. The van der Waals surface area contributed by atoms with Gasteiger partial charge in [0, 0.05) is 26.4 Å². The van der Waals surface area contributed by atoms with Crippen molar-refractivity contribution in [3.8, 4) is 0 Å². The third kappa shape index (κ3) is 5.03. The van der Waals surface area contributed by atoms with Crippen LogP contribution < -0.4 is 0 Å². The quantitative estimate of drug-likeness (QED) is 0.606. The van der Waals surface area contributed by atoms with Crippen molar-refractivity contribution in [1.82, 2.24) is 14.7 Å². The number of aryl methyl sites for hydroxylation is 2. The molecule has 3 atom stereocenters. The van der Waals surface area contributed by atoms with E-state index in [1.54, 1.807) is 16.5 Å². The molecule has 1 aromatic carbocycles. The number of aromatic nitrogens is 2. The van der Waals surface area contributed by atoms with Gasteiger partial charge in [-0.05, 0) is 37.8 Å². The fourth-order valence-corrected chi connectivity index (χ4v) is 3.58. The molecule has 3 rings (SSSR count). The molecule has 7 nitrogen and oxygen atoms in total. The standard InChI is InChI=1S/C22H29N3O4/c1-5-29-22(27)19-12-17(19)13-25(14-18-11-15(2)24(3)23-18)21(26)20(28-4)16-9-7-6-8-10-16/h6-11,17,19-20H,5,12-14H2,1-4H3/t17-,19-,20+/m0/s1. The summed E-state index contributed by atoms with van der Waals surface area (Å²) < 4.78 is 12.5. The molecular formula is C22H29N3O4. The van der Waals surface area contributed by atoms with Crippen LogP contribution in [0, 0.1) is 18.8 Å². The summed E-state index contributed by atoms with van der Waals surface area (Å²) in [5, 5.41) is 4.49. The molecule has 0 saturated heterocycles. The number of carbonyl (C=O) groups is 2. The zero-order valence-electron chi connectivity index (χ0n) is 17.5. The van der Waals surface area contributed by atoms with Crippen LogP contribution in [0.5, 0.6) is 0 Å². The van der Waals surface area contributed by atoms with Crippen molar-refractivity contribution in [2.75, 3.05) is 20.3 Å². The molecule has 1 heterocycles. The Balaban J connectivity index is 1.78. The fourth-order valence-electron chi connectivity index (χ4n) is 3.58. The Morgan fingerprint density at radius 1 is 1.31 bits per heavy atom. The highest BCUT2D eigenvalue weighted by molar-refractivity contribution is 5.82. The molecule has 0 spiro atoms. The average molecular weight is 399 g/mol. The molecule has 1 saturated carbocycles. The molecule has 1 aliphatic rings. The lowest BCUT2D eigenvalue weighted by Crippen LogP contribution is -2.37. The molecule has 1 fully saturated rings. The van der Waals surface area contributed by atoms with E-state index in [0.29, 0.717) is 19.7 Å². The Labute approximate surface area is 171 Å². The van der Waals surface area contributed by atoms with Crippen LogP contribution in [0.4, 0.5) is 0 Å². The highest BCUT2D eigenvalue weighted by Crippen LogP contribution is 2.40. The number of rotatable bonds is 9. The zero-order valence-corrected chi connectivity index (χ0v) is 17.5. The molecule has 0 radical (unpaired) electrons. The number of carbonyl (C=O) groups excluding carboxylic acids is 2. The van der Waals surface area contributed by atoms with Crippen molar-refractivity contribution in [3.05, 3.63) is 53.3 Å². The van der Waals surface area contributed by atoms with Gasteiger partial charge in [0.15, 0.2) is 6.10 Å². The van der Waals surface area contributed by atoms with Crippen LogP contribution in [0.15, 0.2) is 36.4 Å². The lowest BCUT2D eigenvalue weighted by Gasteiger charge is -2.26. The number of hydrogen-bond acceptors (Lipinski definition) is 5. The van der Waals surface area contributed by atoms with E-state index < -0.39 is 6.10 Å². The predicted molar refractivity (Wildman–Crippen MR) is 108 cm³/mol. The molecule has 7 heteroatoms. The van der Waals surface area contributed by atoms with Gasteiger partial charge in [0.25, 0.3) is 5.91 Å². The van der Waals surface area contributed by atoms with Crippen LogP contribution in [-0.2, 0) is 32.7 Å². The summed E-state index contributed by atoms with van der Waals surface area (Å²) >= 11 is 0. The van der Waals surface area contributed by atoms with Crippen molar-refractivity contribution in [1.29, 1.82) is 0 Å². The molecule has 0 bridgehead atoms. The van der Waals surface area contributed by atoms with E-state index in [-0.39, 0.29) is 23.7 Å². The van der Waals surface area contributed by atoms with E-state index in [2.05, 4.69) is 5.10 Å². The number of esters is 1. The van der Waals surface area contributed by atoms with Crippen LogP contribution in [0.2, 0.25) is 0 Å². The Morgan fingerprint density at radius 3 is 2.62 bits per heavy atom. The number of hydrogen-bond donors (Lipinski definition) is 0. The summed E-state index contributed by atoms with van der Waals surface area (Å²) in [4.78, 5) is 27.2. The summed E-state index contributed by atoms with van der Waals surface area (Å²) in [6, 6.07) is 11.4. The van der Waals surface area contributed by atoms with Crippen LogP contribution in [-0.4, -0.2) is 46.8 Å². The van der Waals surface area contributed by atoms with Crippen molar-refractivity contribution < 1.29 is 19.1 Å². The minimum absolute atomic E-state index is 0.107. The van der Waals surface area contributed by atoms with E-state index in [0.717, 1.165) is 23.4 Å². The Kier molecular flexibility index (Phi) is 6.69. The van der Waals surface area contributed by atoms with E-state index in [1.165, 1.54) is 7.11 Å². The van der Waals surface area contributed by atoms with Gasteiger partial charge in [-0.15, -0.1) is 0 Å². The smallest absolute Gasteiger partial charge is 0.309 e. The predicted octanol–water partition coefficient (Wildman–Crippen LogP) is 2.64. The first-order chi connectivity index (χ1) is 13.9. The van der Waals surface area contributed by atoms with E-state index in [9.17, 15) is 9.59 Å². The maximum Gasteiger partial charge on any atom is 0.309 e. The first kappa shape index (κ1) is 21.0. The van der Waals surface area contributed by atoms with Gasteiger partial charge in [0.1, 0.15) is 0 Å². The summed E-state index contributed by atoms with van der Waals surface area (Å²) in [6.07, 6.45) is 0.0492. The third-order valence-electron chi connectivity index (χ3n) is 5.36. The van der Waals surface area contributed by atoms with Crippen molar-refractivity contribution in [2.45, 2.75) is 32.9 Å². The van der Waals surface area contributed by atoms with Gasteiger partial charge in [-0.3, -0.25) is 14.3 Å². The van der Waals surface area contributed by atoms with Crippen molar-refractivity contribution in [2.24, 2.45) is 18.9 Å². The van der Waals surface area contributed by atoms with Gasteiger partial charge in [0.05, 0.1) is 24.8 Å². The first-order valence-corrected chi connectivity index (χ1v) is 9.97. The molecule has 1 amide bonds. The first-order valence-electron chi connectivity index (χ1n) is 9.97. The summed E-state index contributed by atoms with van der Waals surface area (Å²) in [7, 11) is 3.42. The third-order valence-corrected chi connectivity index (χ3v) is 5.36. The molecule has 2 aromatic rings. The molecule has 29 heavy (non-hydrogen) atoms. The number of nitrogens with zero attached hydrogens (tertiary/aromatic N) is 3. The molecule has 0 aliphatic heterocycles. The second kappa shape index (κ2) is 9.22. The molecule has 0 unspecified atom stereocenters. The SMILES string of the molecule is CCOC(=O)[C@H]1C[C@H]1CN(Cc1cc(C)n(C)n1)C(=O)[C@H](OC)c1ccccc1. The van der Waals surface area contributed by atoms with E-state index in [1.807, 2.05) is 50.4 Å². The Bertz CT molecular complexity index is 829. The summed E-state index contributed by atoms with van der Waals surface area (Å²) in [5.74, 6) is -0.328. The number of amides is 1. The topological polar surface area (TPSA) is 73.7 Å². The highest BCUT2D eigenvalue weighted by atomic mass is 16.5. The zero-order chi connectivity index (χ0) is 21.0. The molecule has 0 N–H and O–H groups in total. The fraction of sp³-hybridized carbons (Fsp3) is 0.500. The Morgan fingerprint density at radius 2 is 2.03 bits per heavy atom. The second-order valence-electron chi connectivity index (χ2n) is 7.50. The number of methoxy groups -OCH3 is 1. The van der Waals surface area contributed by atoms with Crippen LogP contribution in [0.3, 0.4) is 0 Å². The molecular weight excluding hydrogens is 370 g/mol. The van der Waals surface area contributed by atoms with Gasteiger partial charge in [-0.2, -0.15) is 5.10 Å². The number of ether oxygens (including phenoxy) is 2. The van der Waals surface area contributed by atoms with E-state index in [4.69, 9.17) is 9.47 Å². The monoisotopic (exact) mass is 399 g/mol. The summed E-state index contributed by atoms with van der Waals surface area (Å²) in [5.41, 5.74) is 2.64. The highest BCUT2D eigenvalue weighted by Gasteiger charge is 2.46. The van der Waals surface area contributed by atoms with Crippen LogP contribution in [0.1, 0.15) is 36.4 Å². The second-order valence-corrected chi connectivity index (χ2v) is 7.50. The lowest BCUT2D eigenvalue weighted by atomic mass is 10.1. The molecule has 156 valence electrons. The van der Waals surface area contributed by atoms with Gasteiger partial charge >= 0.3 is 5.97 Å². The lowest BCUT2D eigenvalue weighted by molar-refractivity contribution is -0.147. The van der Waals surface area contributed by atoms with Gasteiger partial charge < -0.3 is 14.4 Å². The minimum Gasteiger partial charge on any atom is -0.466 e. The van der Waals surface area contributed by atoms with Crippen LogP contribution >= 0.6 is 0 Å².